The molecule has 1 aromatic heterocycles. The van der Waals surface area contributed by atoms with Crippen LogP contribution < -0.4 is 5.32 Å². The number of carbonyl (C=O) groups excluding carboxylic acids is 2. The standard InChI is InChI=1S/C21H24FN3O3/c1-13-17(14(2)25(24-13)16-7-5-15(22)6-8-16)12-23-20(27)18-11-19(26)28-21(18)9-3-4-10-21/h5-8,18H,3-4,9-12H2,1-2H3,(H,23,27)/t18-/m0/s1. The van der Waals surface area contributed by atoms with Gasteiger partial charge in [0.15, 0.2) is 0 Å². The highest BCUT2D eigenvalue weighted by Crippen LogP contribution is 2.45. The fourth-order valence-corrected chi connectivity index (χ4v) is 4.51. The van der Waals surface area contributed by atoms with Crippen LogP contribution in [0.5, 0.6) is 0 Å². The average Bonchev–Trinajstić information content (AvgIpc) is 3.34. The van der Waals surface area contributed by atoms with Crippen LogP contribution in [0.1, 0.15) is 49.1 Å². The Morgan fingerprint density at radius 2 is 1.96 bits per heavy atom. The third kappa shape index (κ3) is 3.19. The molecular formula is C21H24FN3O3. The summed E-state index contributed by atoms with van der Waals surface area (Å²) in [6.07, 6.45) is 3.65. The monoisotopic (exact) mass is 385 g/mol. The molecule has 148 valence electrons. The molecule has 1 aliphatic heterocycles. The summed E-state index contributed by atoms with van der Waals surface area (Å²) in [5, 5.41) is 7.52. The van der Waals surface area contributed by atoms with E-state index in [9.17, 15) is 14.0 Å². The van der Waals surface area contributed by atoms with Gasteiger partial charge in [0, 0.05) is 17.8 Å². The fraction of sp³-hybridized carbons (Fsp3) is 0.476. The fourth-order valence-electron chi connectivity index (χ4n) is 4.51. The first kappa shape index (κ1) is 18.7. The van der Waals surface area contributed by atoms with Crippen LogP contribution in [0.3, 0.4) is 0 Å². The molecule has 4 rings (SSSR count). The number of aryl methyl sites for hydroxylation is 1. The first-order valence-corrected chi connectivity index (χ1v) is 9.70. The molecular weight excluding hydrogens is 361 g/mol. The zero-order valence-electron chi connectivity index (χ0n) is 16.1. The Morgan fingerprint density at radius 3 is 2.64 bits per heavy atom. The van der Waals surface area contributed by atoms with E-state index in [0.717, 1.165) is 48.3 Å². The highest BCUT2D eigenvalue weighted by Gasteiger charge is 2.53. The molecule has 28 heavy (non-hydrogen) atoms. The number of ether oxygens (including phenoxy) is 1. The van der Waals surface area contributed by atoms with E-state index in [1.165, 1.54) is 12.1 Å². The van der Waals surface area contributed by atoms with Gasteiger partial charge in [0.1, 0.15) is 11.4 Å². The first-order valence-electron chi connectivity index (χ1n) is 9.70. The Morgan fingerprint density at radius 1 is 1.29 bits per heavy atom. The second-order valence-electron chi connectivity index (χ2n) is 7.76. The SMILES string of the molecule is Cc1nn(-c2ccc(F)cc2)c(C)c1CNC(=O)[C@@H]1CC(=O)OC12CCCC2. The summed E-state index contributed by atoms with van der Waals surface area (Å²) in [6.45, 7) is 4.14. The van der Waals surface area contributed by atoms with Crippen molar-refractivity contribution >= 4 is 11.9 Å². The van der Waals surface area contributed by atoms with Gasteiger partial charge in [-0.15, -0.1) is 0 Å². The van der Waals surface area contributed by atoms with E-state index in [4.69, 9.17) is 4.74 Å². The summed E-state index contributed by atoms with van der Waals surface area (Å²) < 4.78 is 20.5. The summed E-state index contributed by atoms with van der Waals surface area (Å²) in [6, 6.07) is 6.13. The number of halogens is 1. The maximum Gasteiger partial charge on any atom is 0.307 e. The lowest BCUT2D eigenvalue weighted by Crippen LogP contribution is -2.42. The van der Waals surface area contributed by atoms with Crippen molar-refractivity contribution in [3.8, 4) is 5.69 Å². The Hall–Kier alpha value is -2.70. The molecule has 2 heterocycles. The summed E-state index contributed by atoms with van der Waals surface area (Å²) in [5.41, 5.74) is 2.77. The summed E-state index contributed by atoms with van der Waals surface area (Å²) in [4.78, 5) is 24.7. The van der Waals surface area contributed by atoms with Crippen molar-refractivity contribution < 1.29 is 18.7 Å². The van der Waals surface area contributed by atoms with Crippen LogP contribution in [0.25, 0.3) is 5.69 Å². The van der Waals surface area contributed by atoms with Crippen LogP contribution >= 0.6 is 0 Å². The third-order valence-electron chi connectivity index (χ3n) is 6.04. The van der Waals surface area contributed by atoms with Gasteiger partial charge in [0.05, 0.1) is 23.7 Å². The number of amides is 1. The van der Waals surface area contributed by atoms with E-state index in [2.05, 4.69) is 10.4 Å². The molecule has 1 amide bonds. The number of carbonyl (C=O) groups is 2. The maximum absolute atomic E-state index is 13.2. The van der Waals surface area contributed by atoms with Crippen LogP contribution in [0.15, 0.2) is 24.3 Å². The van der Waals surface area contributed by atoms with Crippen molar-refractivity contribution in [1.82, 2.24) is 15.1 Å². The normalized spacial score (nSPS) is 20.5. The molecule has 1 spiro atoms. The topological polar surface area (TPSA) is 73.2 Å². The zero-order valence-corrected chi connectivity index (χ0v) is 16.1. The second kappa shape index (κ2) is 7.04. The van der Waals surface area contributed by atoms with Gasteiger partial charge >= 0.3 is 5.97 Å². The number of benzene rings is 1. The molecule has 1 aliphatic carbocycles. The number of esters is 1. The van der Waals surface area contributed by atoms with Crippen molar-refractivity contribution in [2.24, 2.45) is 5.92 Å². The van der Waals surface area contributed by atoms with Crippen LogP contribution in [0.2, 0.25) is 0 Å². The van der Waals surface area contributed by atoms with Crippen molar-refractivity contribution in [2.75, 3.05) is 0 Å². The lowest BCUT2D eigenvalue weighted by atomic mass is 9.85. The molecule has 1 atom stereocenters. The van der Waals surface area contributed by atoms with Crippen molar-refractivity contribution in [1.29, 1.82) is 0 Å². The van der Waals surface area contributed by atoms with Gasteiger partial charge in [-0.1, -0.05) is 0 Å². The Labute approximate surface area is 163 Å². The molecule has 2 fully saturated rings. The Kier molecular flexibility index (Phi) is 4.69. The molecule has 0 bridgehead atoms. The second-order valence-corrected chi connectivity index (χ2v) is 7.76. The summed E-state index contributed by atoms with van der Waals surface area (Å²) >= 11 is 0. The van der Waals surface area contributed by atoms with E-state index in [-0.39, 0.29) is 24.1 Å². The Balaban J connectivity index is 1.50. The lowest BCUT2D eigenvalue weighted by molar-refractivity contribution is -0.149. The van der Waals surface area contributed by atoms with Crippen molar-refractivity contribution in [2.45, 2.75) is 58.1 Å². The van der Waals surface area contributed by atoms with Crippen molar-refractivity contribution in [3.63, 3.8) is 0 Å². The van der Waals surface area contributed by atoms with Crippen LogP contribution in [-0.4, -0.2) is 27.3 Å². The number of hydrogen-bond acceptors (Lipinski definition) is 4. The zero-order chi connectivity index (χ0) is 19.9. The molecule has 2 aromatic rings. The maximum atomic E-state index is 13.2. The molecule has 1 saturated carbocycles. The molecule has 7 heteroatoms. The van der Waals surface area contributed by atoms with E-state index in [0.29, 0.717) is 6.54 Å². The lowest BCUT2D eigenvalue weighted by Gasteiger charge is -2.27. The number of nitrogens with zero attached hydrogens (tertiary/aromatic N) is 2. The van der Waals surface area contributed by atoms with E-state index >= 15 is 0 Å². The summed E-state index contributed by atoms with van der Waals surface area (Å²) in [5.74, 6) is -1.14. The number of hydrogen-bond donors (Lipinski definition) is 1. The van der Waals surface area contributed by atoms with Gasteiger partial charge in [0.25, 0.3) is 0 Å². The predicted molar refractivity (Wildman–Crippen MR) is 100 cm³/mol. The minimum Gasteiger partial charge on any atom is -0.458 e. The smallest absolute Gasteiger partial charge is 0.307 e. The van der Waals surface area contributed by atoms with Gasteiger partial charge in [-0.2, -0.15) is 5.10 Å². The highest BCUT2D eigenvalue weighted by molar-refractivity contribution is 5.88. The van der Waals surface area contributed by atoms with Crippen LogP contribution in [0.4, 0.5) is 4.39 Å². The van der Waals surface area contributed by atoms with E-state index in [1.54, 1.807) is 16.8 Å². The number of rotatable bonds is 4. The molecule has 0 radical (unpaired) electrons. The number of aromatic nitrogens is 2. The van der Waals surface area contributed by atoms with Crippen molar-refractivity contribution in [3.05, 3.63) is 47.0 Å². The Bertz CT molecular complexity index is 914. The minimum absolute atomic E-state index is 0.138. The minimum atomic E-state index is -0.608. The number of nitrogens with one attached hydrogen (secondary N) is 1. The van der Waals surface area contributed by atoms with E-state index < -0.39 is 11.5 Å². The predicted octanol–water partition coefficient (Wildman–Crippen LogP) is 3.12. The first-order chi connectivity index (χ1) is 13.4. The molecule has 0 unspecified atom stereocenters. The van der Waals surface area contributed by atoms with Crippen LogP contribution in [-0.2, 0) is 20.9 Å². The average molecular weight is 385 g/mol. The molecule has 2 aliphatic rings. The van der Waals surface area contributed by atoms with Gasteiger partial charge in [-0.3, -0.25) is 9.59 Å². The molecule has 1 aromatic carbocycles. The van der Waals surface area contributed by atoms with Crippen LogP contribution in [0, 0.1) is 25.6 Å². The molecule has 6 nitrogen and oxygen atoms in total. The highest BCUT2D eigenvalue weighted by atomic mass is 19.1. The summed E-state index contributed by atoms with van der Waals surface area (Å²) in [7, 11) is 0. The van der Waals surface area contributed by atoms with Gasteiger partial charge in [-0.25, -0.2) is 9.07 Å². The van der Waals surface area contributed by atoms with Gasteiger partial charge in [-0.05, 0) is 63.8 Å². The van der Waals surface area contributed by atoms with E-state index in [1.807, 2.05) is 13.8 Å². The third-order valence-corrected chi connectivity index (χ3v) is 6.04. The largest absolute Gasteiger partial charge is 0.458 e. The molecule has 1 N–H and O–H groups in total. The van der Waals surface area contributed by atoms with Gasteiger partial charge in [0.2, 0.25) is 5.91 Å². The molecule has 1 saturated heterocycles. The van der Waals surface area contributed by atoms with Gasteiger partial charge < -0.3 is 10.1 Å². The quantitative estimate of drug-likeness (QED) is 0.821.